The highest BCUT2D eigenvalue weighted by Gasteiger charge is 1.88. The molecule has 0 spiro atoms. The molecule has 1 heterocycles. The topological polar surface area (TPSA) is 30.2 Å². The molecule has 0 amide bonds. The first-order valence-corrected chi connectivity index (χ1v) is 2.88. The molecule has 0 bridgehead atoms. The zero-order valence-corrected chi connectivity index (χ0v) is 5.33. The predicted molar refractivity (Wildman–Crippen MR) is 36.3 cm³/mol. The third-order valence-corrected chi connectivity index (χ3v) is 1.00. The maximum atomic E-state index is 9.73. The van der Waals surface area contributed by atoms with Crippen LogP contribution < -0.4 is 0 Å². The number of hydrogen-bond donors (Lipinski definition) is 0. The summed E-state index contributed by atoms with van der Waals surface area (Å²) in [5.41, 5.74) is 0. The lowest BCUT2D eigenvalue weighted by Crippen LogP contribution is -1.73. The van der Waals surface area contributed by atoms with Crippen molar-refractivity contribution in [1.82, 2.24) is 0 Å². The fourth-order valence-corrected chi connectivity index (χ4v) is 0.593. The smallest absolute Gasteiger partial charge is 0.192 e. The van der Waals surface area contributed by atoms with E-state index in [0.717, 1.165) is 5.76 Å². The Kier molecular flexibility index (Phi) is 2.33. The number of carbonyl (C=O) groups excluding carboxylic acids is 1. The third kappa shape index (κ3) is 1.79. The van der Waals surface area contributed by atoms with Gasteiger partial charge in [-0.05, 0) is 18.1 Å². The second-order valence-electron chi connectivity index (χ2n) is 1.70. The van der Waals surface area contributed by atoms with Crippen LogP contribution in [0.2, 0.25) is 0 Å². The van der Waals surface area contributed by atoms with E-state index in [1.807, 2.05) is 6.07 Å². The zero-order valence-electron chi connectivity index (χ0n) is 5.33. The van der Waals surface area contributed by atoms with Gasteiger partial charge in [0.2, 0.25) is 0 Å². The van der Waals surface area contributed by atoms with Gasteiger partial charge in [0.15, 0.2) is 6.29 Å². The van der Waals surface area contributed by atoms with Crippen molar-refractivity contribution >= 4 is 6.29 Å². The minimum Gasteiger partial charge on any atom is -0.468 e. The first-order chi connectivity index (χ1) is 4.93. The van der Waals surface area contributed by atoms with E-state index >= 15 is 0 Å². The summed E-state index contributed by atoms with van der Waals surface area (Å²) in [6.45, 7) is 0. The van der Waals surface area contributed by atoms with Gasteiger partial charge in [-0.3, -0.25) is 4.79 Å². The summed E-state index contributed by atoms with van der Waals surface area (Å²) in [6.07, 6.45) is 2.66. The molecule has 0 fully saturated rings. The van der Waals surface area contributed by atoms with E-state index in [2.05, 4.69) is 11.8 Å². The Morgan fingerprint density at radius 3 is 3.20 bits per heavy atom. The standard InChI is InChI=1S/C8H6O2/c9-6-2-1-4-8-5-3-7-10-8/h3,5-7H,4H2. The van der Waals surface area contributed by atoms with E-state index in [1.54, 1.807) is 12.3 Å². The molecule has 0 saturated carbocycles. The minimum atomic E-state index is 0.506. The largest absolute Gasteiger partial charge is 0.468 e. The Labute approximate surface area is 58.8 Å². The van der Waals surface area contributed by atoms with Crippen molar-refractivity contribution in [2.24, 2.45) is 0 Å². The van der Waals surface area contributed by atoms with Gasteiger partial charge in [0.25, 0.3) is 0 Å². The average Bonchev–Trinajstić information content (AvgIpc) is 2.41. The number of aldehydes is 1. The summed E-state index contributed by atoms with van der Waals surface area (Å²) in [5, 5.41) is 0. The van der Waals surface area contributed by atoms with Gasteiger partial charge in [0.05, 0.1) is 12.7 Å². The van der Waals surface area contributed by atoms with E-state index in [1.165, 1.54) is 0 Å². The second-order valence-corrected chi connectivity index (χ2v) is 1.70. The number of rotatable bonds is 1. The van der Waals surface area contributed by atoms with Crippen LogP contribution in [-0.2, 0) is 11.2 Å². The van der Waals surface area contributed by atoms with E-state index in [0.29, 0.717) is 12.7 Å². The van der Waals surface area contributed by atoms with Gasteiger partial charge in [-0.15, -0.1) is 0 Å². The van der Waals surface area contributed by atoms with Crippen molar-refractivity contribution < 1.29 is 9.21 Å². The second kappa shape index (κ2) is 3.52. The fraction of sp³-hybridized carbons (Fsp3) is 0.125. The summed E-state index contributed by atoms with van der Waals surface area (Å²) >= 11 is 0. The van der Waals surface area contributed by atoms with E-state index in [4.69, 9.17) is 4.42 Å². The third-order valence-electron chi connectivity index (χ3n) is 1.00. The quantitative estimate of drug-likeness (QED) is 0.424. The van der Waals surface area contributed by atoms with Gasteiger partial charge in [0.1, 0.15) is 5.76 Å². The summed E-state index contributed by atoms with van der Waals surface area (Å²) in [4.78, 5) is 9.73. The molecule has 1 rings (SSSR count). The molecule has 0 saturated heterocycles. The lowest BCUT2D eigenvalue weighted by molar-refractivity contribution is -0.103. The van der Waals surface area contributed by atoms with Crippen LogP contribution in [0.1, 0.15) is 5.76 Å². The van der Waals surface area contributed by atoms with Crippen molar-refractivity contribution in [3.63, 3.8) is 0 Å². The Morgan fingerprint density at radius 1 is 1.70 bits per heavy atom. The van der Waals surface area contributed by atoms with Gasteiger partial charge in [-0.1, -0.05) is 5.92 Å². The van der Waals surface area contributed by atoms with E-state index in [9.17, 15) is 4.79 Å². The highest BCUT2D eigenvalue weighted by molar-refractivity contribution is 5.72. The SMILES string of the molecule is O=CC#CCc1ccco1. The van der Waals surface area contributed by atoms with Crippen molar-refractivity contribution in [3.05, 3.63) is 24.2 Å². The van der Waals surface area contributed by atoms with Crippen LogP contribution in [0.25, 0.3) is 0 Å². The van der Waals surface area contributed by atoms with Crippen LogP contribution in [0.15, 0.2) is 22.8 Å². The molecule has 0 aliphatic carbocycles. The van der Waals surface area contributed by atoms with E-state index in [-0.39, 0.29) is 0 Å². The molecular formula is C8H6O2. The minimum absolute atomic E-state index is 0.506. The van der Waals surface area contributed by atoms with E-state index < -0.39 is 0 Å². The van der Waals surface area contributed by atoms with Crippen molar-refractivity contribution in [2.75, 3.05) is 0 Å². The Balaban J connectivity index is 2.49. The van der Waals surface area contributed by atoms with Crippen molar-refractivity contribution in [3.8, 4) is 11.8 Å². The monoisotopic (exact) mass is 134 g/mol. The van der Waals surface area contributed by atoms with Crippen LogP contribution >= 0.6 is 0 Å². The maximum absolute atomic E-state index is 9.73. The van der Waals surface area contributed by atoms with Gasteiger partial charge >= 0.3 is 0 Å². The highest BCUT2D eigenvalue weighted by atomic mass is 16.3. The normalized spacial score (nSPS) is 8.00. The van der Waals surface area contributed by atoms with Crippen LogP contribution in [0.3, 0.4) is 0 Å². The molecule has 50 valence electrons. The molecule has 0 aromatic carbocycles. The molecule has 10 heavy (non-hydrogen) atoms. The molecule has 0 radical (unpaired) electrons. The number of hydrogen-bond acceptors (Lipinski definition) is 2. The summed E-state index contributed by atoms with van der Waals surface area (Å²) < 4.78 is 4.96. The summed E-state index contributed by atoms with van der Waals surface area (Å²) in [5.74, 6) is 5.71. The number of furan rings is 1. The van der Waals surface area contributed by atoms with Gasteiger partial charge in [0, 0.05) is 0 Å². The molecule has 0 aliphatic rings. The molecular weight excluding hydrogens is 128 g/mol. The lowest BCUT2D eigenvalue weighted by atomic mass is 10.3. The molecule has 0 aliphatic heterocycles. The van der Waals surface area contributed by atoms with Crippen LogP contribution in [0.4, 0.5) is 0 Å². The van der Waals surface area contributed by atoms with Crippen molar-refractivity contribution in [2.45, 2.75) is 6.42 Å². The fourth-order valence-electron chi connectivity index (χ4n) is 0.593. The Bertz CT molecular complexity index is 249. The van der Waals surface area contributed by atoms with Crippen LogP contribution in [0.5, 0.6) is 0 Å². The Morgan fingerprint density at radius 2 is 2.60 bits per heavy atom. The molecule has 0 atom stereocenters. The van der Waals surface area contributed by atoms with Gasteiger partial charge in [-0.2, -0.15) is 0 Å². The molecule has 2 heteroatoms. The Hall–Kier alpha value is -1.49. The predicted octanol–water partition coefficient (Wildman–Crippen LogP) is 1.02. The first kappa shape index (κ1) is 6.63. The van der Waals surface area contributed by atoms with Gasteiger partial charge < -0.3 is 4.42 Å². The van der Waals surface area contributed by atoms with Crippen molar-refractivity contribution in [1.29, 1.82) is 0 Å². The molecule has 2 nitrogen and oxygen atoms in total. The summed E-state index contributed by atoms with van der Waals surface area (Å²) in [7, 11) is 0. The lowest BCUT2D eigenvalue weighted by Gasteiger charge is -1.80. The molecule has 1 aromatic heterocycles. The highest BCUT2D eigenvalue weighted by Crippen LogP contribution is 1.98. The van der Waals surface area contributed by atoms with Crippen LogP contribution in [-0.4, -0.2) is 6.29 Å². The zero-order chi connectivity index (χ0) is 7.23. The van der Waals surface area contributed by atoms with Gasteiger partial charge in [-0.25, -0.2) is 0 Å². The number of carbonyl (C=O) groups is 1. The van der Waals surface area contributed by atoms with Crippen LogP contribution in [0, 0.1) is 11.8 Å². The summed E-state index contributed by atoms with van der Waals surface area (Å²) in [6, 6.07) is 3.61. The first-order valence-electron chi connectivity index (χ1n) is 2.88. The molecule has 0 N–H and O–H groups in total. The maximum Gasteiger partial charge on any atom is 0.192 e. The molecule has 0 unspecified atom stereocenters. The molecule has 1 aromatic rings. The average molecular weight is 134 g/mol.